The standard InChI is InChI=1S/C17H27N3/c1-2-14-5-3-4-6-16(14)17(13-18)20-11-9-19(10-12-20)15-7-8-15/h3-6,15,17H,2,7-13,18H2,1H3. The number of nitrogens with zero attached hydrogens (tertiary/aromatic N) is 2. The Morgan fingerprint density at radius 2 is 1.85 bits per heavy atom. The van der Waals surface area contributed by atoms with Crippen LogP contribution in [0.5, 0.6) is 0 Å². The van der Waals surface area contributed by atoms with Crippen LogP contribution in [0.2, 0.25) is 0 Å². The van der Waals surface area contributed by atoms with Gasteiger partial charge in [-0.05, 0) is 30.4 Å². The molecular formula is C17H27N3. The number of hydrogen-bond donors (Lipinski definition) is 1. The molecule has 1 unspecified atom stereocenters. The second-order valence-electron chi connectivity index (χ2n) is 6.11. The molecule has 0 spiro atoms. The maximum Gasteiger partial charge on any atom is 0.0474 e. The van der Waals surface area contributed by atoms with E-state index in [-0.39, 0.29) is 0 Å². The van der Waals surface area contributed by atoms with Gasteiger partial charge in [0, 0.05) is 44.8 Å². The lowest BCUT2D eigenvalue weighted by atomic mass is 9.97. The van der Waals surface area contributed by atoms with Gasteiger partial charge >= 0.3 is 0 Å². The van der Waals surface area contributed by atoms with Gasteiger partial charge in [-0.1, -0.05) is 31.2 Å². The monoisotopic (exact) mass is 273 g/mol. The van der Waals surface area contributed by atoms with Crippen LogP contribution >= 0.6 is 0 Å². The predicted molar refractivity (Wildman–Crippen MR) is 83.8 cm³/mol. The van der Waals surface area contributed by atoms with Gasteiger partial charge in [0.2, 0.25) is 0 Å². The maximum atomic E-state index is 6.11. The summed E-state index contributed by atoms with van der Waals surface area (Å²) in [5.74, 6) is 0. The SMILES string of the molecule is CCc1ccccc1C(CN)N1CCN(C2CC2)CC1. The lowest BCUT2D eigenvalue weighted by Crippen LogP contribution is -2.49. The number of piperazine rings is 1. The quantitative estimate of drug-likeness (QED) is 0.891. The Kier molecular flexibility index (Phi) is 4.39. The highest BCUT2D eigenvalue weighted by Crippen LogP contribution is 2.30. The predicted octanol–water partition coefficient (Wildman–Crippen LogP) is 2.03. The van der Waals surface area contributed by atoms with E-state index >= 15 is 0 Å². The summed E-state index contributed by atoms with van der Waals surface area (Å²) in [5.41, 5.74) is 9.00. The van der Waals surface area contributed by atoms with Crippen LogP contribution in [0.4, 0.5) is 0 Å². The molecular weight excluding hydrogens is 246 g/mol. The van der Waals surface area contributed by atoms with Gasteiger partial charge in [0.1, 0.15) is 0 Å². The number of hydrogen-bond acceptors (Lipinski definition) is 3. The van der Waals surface area contributed by atoms with E-state index in [4.69, 9.17) is 5.73 Å². The third kappa shape index (κ3) is 2.90. The molecule has 2 fully saturated rings. The van der Waals surface area contributed by atoms with E-state index in [1.165, 1.54) is 37.1 Å². The first-order chi connectivity index (χ1) is 9.83. The zero-order valence-corrected chi connectivity index (χ0v) is 12.6. The van der Waals surface area contributed by atoms with Crippen molar-refractivity contribution in [2.45, 2.75) is 38.3 Å². The van der Waals surface area contributed by atoms with Gasteiger partial charge < -0.3 is 5.73 Å². The van der Waals surface area contributed by atoms with Crippen LogP contribution in [0.25, 0.3) is 0 Å². The summed E-state index contributed by atoms with van der Waals surface area (Å²) in [6, 6.07) is 10.1. The van der Waals surface area contributed by atoms with E-state index in [9.17, 15) is 0 Å². The van der Waals surface area contributed by atoms with E-state index in [1.54, 1.807) is 0 Å². The number of aryl methyl sites for hydroxylation is 1. The van der Waals surface area contributed by atoms with Gasteiger partial charge in [0.05, 0.1) is 0 Å². The Morgan fingerprint density at radius 3 is 2.45 bits per heavy atom. The Hall–Kier alpha value is -0.900. The van der Waals surface area contributed by atoms with Crippen molar-refractivity contribution in [2.75, 3.05) is 32.7 Å². The van der Waals surface area contributed by atoms with Gasteiger partial charge in [-0.2, -0.15) is 0 Å². The fourth-order valence-corrected chi connectivity index (χ4v) is 3.51. The van der Waals surface area contributed by atoms with E-state index in [0.717, 1.165) is 32.1 Å². The first-order valence-electron chi connectivity index (χ1n) is 8.09. The molecule has 1 saturated carbocycles. The molecule has 0 bridgehead atoms. The summed E-state index contributed by atoms with van der Waals surface area (Å²) in [6.45, 7) is 7.72. The van der Waals surface area contributed by atoms with Crippen molar-refractivity contribution >= 4 is 0 Å². The van der Waals surface area contributed by atoms with Crippen LogP contribution in [-0.2, 0) is 6.42 Å². The molecule has 110 valence electrons. The molecule has 1 aromatic carbocycles. The molecule has 1 atom stereocenters. The van der Waals surface area contributed by atoms with Gasteiger partial charge in [-0.25, -0.2) is 0 Å². The van der Waals surface area contributed by atoms with Crippen molar-refractivity contribution < 1.29 is 0 Å². The molecule has 1 aliphatic heterocycles. The fourth-order valence-electron chi connectivity index (χ4n) is 3.51. The Morgan fingerprint density at radius 1 is 1.15 bits per heavy atom. The van der Waals surface area contributed by atoms with Crippen molar-refractivity contribution in [1.82, 2.24) is 9.80 Å². The summed E-state index contributed by atoms with van der Waals surface area (Å²) in [5, 5.41) is 0. The molecule has 1 heterocycles. The van der Waals surface area contributed by atoms with Gasteiger partial charge in [-0.3, -0.25) is 9.80 Å². The third-order valence-electron chi connectivity index (χ3n) is 4.87. The van der Waals surface area contributed by atoms with Crippen molar-refractivity contribution in [3.05, 3.63) is 35.4 Å². The van der Waals surface area contributed by atoms with Crippen LogP contribution < -0.4 is 5.73 Å². The van der Waals surface area contributed by atoms with Crippen LogP contribution in [0.1, 0.15) is 36.9 Å². The third-order valence-corrected chi connectivity index (χ3v) is 4.87. The van der Waals surface area contributed by atoms with Crippen molar-refractivity contribution in [1.29, 1.82) is 0 Å². The number of benzene rings is 1. The molecule has 3 rings (SSSR count). The van der Waals surface area contributed by atoms with Crippen LogP contribution in [0.3, 0.4) is 0 Å². The molecule has 0 amide bonds. The first-order valence-corrected chi connectivity index (χ1v) is 8.09. The highest BCUT2D eigenvalue weighted by Gasteiger charge is 2.33. The Labute approximate surface area is 122 Å². The molecule has 0 radical (unpaired) electrons. The molecule has 20 heavy (non-hydrogen) atoms. The highest BCUT2D eigenvalue weighted by atomic mass is 15.3. The molecule has 1 aliphatic carbocycles. The molecule has 2 N–H and O–H groups in total. The average Bonchev–Trinajstić information content (AvgIpc) is 3.34. The second-order valence-corrected chi connectivity index (χ2v) is 6.11. The maximum absolute atomic E-state index is 6.11. The minimum atomic E-state index is 0.396. The van der Waals surface area contributed by atoms with Crippen LogP contribution in [0, 0.1) is 0 Å². The van der Waals surface area contributed by atoms with Crippen LogP contribution in [-0.4, -0.2) is 48.6 Å². The van der Waals surface area contributed by atoms with Crippen molar-refractivity contribution in [2.24, 2.45) is 5.73 Å². The molecule has 2 aliphatic rings. The summed E-state index contributed by atoms with van der Waals surface area (Å²) in [4.78, 5) is 5.25. The lowest BCUT2D eigenvalue weighted by molar-refractivity contribution is 0.0935. The van der Waals surface area contributed by atoms with E-state index in [1.807, 2.05) is 0 Å². The Bertz CT molecular complexity index is 434. The summed E-state index contributed by atoms with van der Waals surface area (Å²) in [6.07, 6.45) is 3.92. The topological polar surface area (TPSA) is 32.5 Å². The van der Waals surface area contributed by atoms with Gasteiger partial charge in [0.15, 0.2) is 0 Å². The highest BCUT2D eigenvalue weighted by molar-refractivity contribution is 5.30. The lowest BCUT2D eigenvalue weighted by Gasteiger charge is -2.39. The molecule has 3 heteroatoms. The first kappa shape index (κ1) is 14.1. The molecule has 1 aromatic rings. The van der Waals surface area contributed by atoms with Crippen LogP contribution in [0.15, 0.2) is 24.3 Å². The average molecular weight is 273 g/mol. The van der Waals surface area contributed by atoms with Crippen molar-refractivity contribution in [3.8, 4) is 0 Å². The zero-order valence-electron chi connectivity index (χ0n) is 12.6. The summed E-state index contributed by atoms with van der Waals surface area (Å²) in [7, 11) is 0. The summed E-state index contributed by atoms with van der Waals surface area (Å²) >= 11 is 0. The fraction of sp³-hybridized carbons (Fsp3) is 0.647. The number of rotatable bonds is 5. The molecule has 3 nitrogen and oxygen atoms in total. The number of nitrogens with two attached hydrogens (primary N) is 1. The molecule has 1 saturated heterocycles. The van der Waals surface area contributed by atoms with Gasteiger partial charge in [0.25, 0.3) is 0 Å². The van der Waals surface area contributed by atoms with Gasteiger partial charge in [-0.15, -0.1) is 0 Å². The minimum Gasteiger partial charge on any atom is -0.329 e. The molecule has 0 aromatic heterocycles. The summed E-state index contributed by atoms with van der Waals surface area (Å²) < 4.78 is 0. The van der Waals surface area contributed by atoms with Crippen molar-refractivity contribution in [3.63, 3.8) is 0 Å². The van der Waals surface area contributed by atoms with E-state index < -0.39 is 0 Å². The largest absolute Gasteiger partial charge is 0.329 e. The Balaban J connectivity index is 1.70. The van der Waals surface area contributed by atoms with E-state index in [0.29, 0.717) is 6.04 Å². The second kappa shape index (κ2) is 6.25. The smallest absolute Gasteiger partial charge is 0.0474 e. The zero-order chi connectivity index (χ0) is 13.9. The van der Waals surface area contributed by atoms with E-state index in [2.05, 4.69) is 41.0 Å². The normalized spacial score (nSPS) is 22.9. The minimum absolute atomic E-state index is 0.396.